The van der Waals surface area contributed by atoms with Gasteiger partial charge in [0.1, 0.15) is 6.54 Å². The number of amides is 1. The number of aromatic nitrogens is 2. The van der Waals surface area contributed by atoms with Gasteiger partial charge in [0.2, 0.25) is 0 Å². The van der Waals surface area contributed by atoms with E-state index in [9.17, 15) is 9.59 Å². The van der Waals surface area contributed by atoms with Crippen molar-refractivity contribution in [1.29, 1.82) is 0 Å². The third kappa shape index (κ3) is 4.09. The van der Waals surface area contributed by atoms with Crippen molar-refractivity contribution < 1.29 is 19.4 Å². The van der Waals surface area contributed by atoms with Gasteiger partial charge in [0, 0.05) is 7.05 Å². The van der Waals surface area contributed by atoms with Gasteiger partial charge in [0.15, 0.2) is 11.4 Å². The summed E-state index contributed by atoms with van der Waals surface area (Å²) in [5.74, 6) is -1.23. The number of carboxylic acids is 1. The number of carboxylic acid groups (broad SMARTS) is 1. The summed E-state index contributed by atoms with van der Waals surface area (Å²) in [6, 6.07) is 9.31. The fourth-order valence-electron chi connectivity index (χ4n) is 1.99. The van der Waals surface area contributed by atoms with Crippen LogP contribution < -0.4 is 4.74 Å². The number of hydrogen-bond donors (Lipinski definition) is 1. The number of likely N-dealkylation sites (N-methyl/N-ethyl adjacent to an activating group) is 1. The molecule has 0 spiro atoms. The molecule has 0 aliphatic rings. The molecule has 2 aromatic rings. The van der Waals surface area contributed by atoms with Crippen LogP contribution in [0.3, 0.4) is 0 Å². The van der Waals surface area contributed by atoms with Crippen LogP contribution in [-0.4, -0.2) is 51.9 Å². The summed E-state index contributed by atoms with van der Waals surface area (Å²) >= 11 is 0. The highest BCUT2D eigenvalue weighted by molar-refractivity contribution is 5.96. The highest BCUT2D eigenvalue weighted by Gasteiger charge is 2.23. The first kappa shape index (κ1) is 16.5. The van der Waals surface area contributed by atoms with Gasteiger partial charge in [-0.1, -0.05) is 25.1 Å². The average Bonchev–Trinajstić information content (AvgIpc) is 2.96. The van der Waals surface area contributed by atoms with E-state index in [1.165, 1.54) is 7.05 Å². The van der Waals surface area contributed by atoms with Crippen LogP contribution in [0.2, 0.25) is 0 Å². The summed E-state index contributed by atoms with van der Waals surface area (Å²) < 4.78 is 7.13. The van der Waals surface area contributed by atoms with Crippen LogP contribution in [0.5, 0.6) is 5.75 Å². The van der Waals surface area contributed by atoms with Gasteiger partial charge in [-0.25, -0.2) is 4.68 Å². The van der Waals surface area contributed by atoms with E-state index < -0.39 is 18.4 Å². The van der Waals surface area contributed by atoms with Crippen molar-refractivity contribution >= 4 is 11.9 Å². The lowest BCUT2D eigenvalue weighted by Gasteiger charge is -2.13. The third-order valence-corrected chi connectivity index (χ3v) is 3.08. The highest BCUT2D eigenvalue weighted by Crippen LogP contribution is 2.21. The summed E-state index contributed by atoms with van der Waals surface area (Å²) in [4.78, 5) is 24.3. The zero-order chi connectivity index (χ0) is 16.8. The Balaban J connectivity index is 2.34. The van der Waals surface area contributed by atoms with E-state index in [0.29, 0.717) is 12.4 Å². The van der Waals surface area contributed by atoms with Crippen LogP contribution >= 0.6 is 0 Å². The van der Waals surface area contributed by atoms with Crippen LogP contribution in [0.15, 0.2) is 36.5 Å². The van der Waals surface area contributed by atoms with E-state index >= 15 is 0 Å². The smallest absolute Gasteiger partial charge is 0.323 e. The maximum Gasteiger partial charge on any atom is 0.323 e. The van der Waals surface area contributed by atoms with Gasteiger partial charge in [-0.2, -0.15) is 5.10 Å². The molecule has 0 radical (unpaired) electrons. The van der Waals surface area contributed by atoms with Crippen molar-refractivity contribution in [3.05, 3.63) is 42.2 Å². The molecule has 7 nitrogen and oxygen atoms in total. The minimum atomic E-state index is -1.08. The molecule has 2 rings (SSSR count). The summed E-state index contributed by atoms with van der Waals surface area (Å²) in [7, 11) is 1.42. The topological polar surface area (TPSA) is 84.7 Å². The van der Waals surface area contributed by atoms with E-state index in [1.54, 1.807) is 10.9 Å². The maximum atomic E-state index is 12.4. The van der Waals surface area contributed by atoms with E-state index in [1.807, 2.05) is 37.3 Å². The Kier molecular flexibility index (Phi) is 5.35. The van der Waals surface area contributed by atoms with Crippen molar-refractivity contribution in [2.24, 2.45) is 0 Å². The van der Waals surface area contributed by atoms with Crippen molar-refractivity contribution in [2.75, 3.05) is 20.2 Å². The number of nitrogens with zero attached hydrogens (tertiary/aromatic N) is 3. The molecule has 0 saturated heterocycles. The lowest BCUT2D eigenvalue weighted by molar-refractivity contribution is -0.137. The normalized spacial score (nSPS) is 10.3. The van der Waals surface area contributed by atoms with Gasteiger partial charge in [-0.05, 0) is 18.6 Å². The van der Waals surface area contributed by atoms with Crippen LogP contribution in [0.25, 0.3) is 5.69 Å². The Labute approximate surface area is 134 Å². The minimum Gasteiger partial charge on any atom is -0.489 e. The van der Waals surface area contributed by atoms with Gasteiger partial charge in [0.25, 0.3) is 5.91 Å². The van der Waals surface area contributed by atoms with Crippen molar-refractivity contribution in [1.82, 2.24) is 14.7 Å². The largest absolute Gasteiger partial charge is 0.489 e. The van der Waals surface area contributed by atoms with Gasteiger partial charge in [-0.3, -0.25) is 9.59 Å². The summed E-state index contributed by atoms with van der Waals surface area (Å²) in [6.07, 6.45) is 2.42. The SMILES string of the molecule is CCCOc1cn(-c2ccccc2)nc1C(=O)N(C)CC(=O)O. The van der Waals surface area contributed by atoms with Crippen LogP contribution in [-0.2, 0) is 4.79 Å². The lowest BCUT2D eigenvalue weighted by Crippen LogP contribution is -2.32. The van der Waals surface area contributed by atoms with Crippen LogP contribution in [0, 0.1) is 0 Å². The average molecular weight is 317 g/mol. The first-order valence-corrected chi connectivity index (χ1v) is 7.28. The molecule has 7 heteroatoms. The molecule has 1 N–H and O–H groups in total. The molecule has 0 saturated carbocycles. The fraction of sp³-hybridized carbons (Fsp3) is 0.312. The highest BCUT2D eigenvalue weighted by atomic mass is 16.5. The van der Waals surface area contributed by atoms with Crippen LogP contribution in [0.1, 0.15) is 23.8 Å². The van der Waals surface area contributed by atoms with Crippen molar-refractivity contribution in [3.8, 4) is 11.4 Å². The number of para-hydroxylation sites is 1. The Morgan fingerprint density at radius 1 is 1.30 bits per heavy atom. The molecular weight excluding hydrogens is 298 g/mol. The van der Waals surface area contributed by atoms with Gasteiger partial charge in [-0.15, -0.1) is 0 Å². The molecule has 0 bridgehead atoms. The summed E-state index contributed by atoms with van der Waals surface area (Å²) in [5, 5.41) is 13.1. The molecule has 0 unspecified atom stereocenters. The first-order valence-electron chi connectivity index (χ1n) is 7.28. The number of ether oxygens (including phenoxy) is 1. The Morgan fingerprint density at radius 3 is 2.61 bits per heavy atom. The molecule has 122 valence electrons. The second-order valence-electron chi connectivity index (χ2n) is 5.03. The van der Waals surface area contributed by atoms with Crippen molar-refractivity contribution in [2.45, 2.75) is 13.3 Å². The quantitative estimate of drug-likeness (QED) is 0.842. The number of hydrogen-bond acceptors (Lipinski definition) is 4. The van der Waals surface area contributed by atoms with E-state index in [-0.39, 0.29) is 5.69 Å². The molecule has 1 amide bonds. The standard InChI is InChI=1S/C16H19N3O4/c1-3-9-23-13-10-19(12-7-5-4-6-8-12)17-15(13)16(22)18(2)11-14(20)21/h4-8,10H,3,9,11H2,1-2H3,(H,20,21). The van der Waals surface area contributed by atoms with Gasteiger partial charge >= 0.3 is 5.97 Å². The predicted octanol–water partition coefficient (Wildman–Crippen LogP) is 1.82. The number of rotatable bonds is 7. The second kappa shape index (κ2) is 7.44. The van der Waals surface area contributed by atoms with E-state index in [0.717, 1.165) is 17.0 Å². The second-order valence-corrected chi connectivity index (χ2v) is 5.03. The Morgan fingerprint density at radius 2 is 2.00 bits per heavy atom. The third-order valence-electron chi connectivity index (χ3n) is 3.08. The fourth-order valence-corrected chi connectivity index (χ4v) is 1.99. The molecule has 0 aliphatic carbocycles. The Hall–Kier alpha value is -2.83. The summed E-state index contributed by atoms with van der Waals surface area (Å²) in [5.41, 5.74) is 0.889. The van der Waals surface area contributed by atoms with E-state index in [2.05, 4.69) is 5.10 Å². The van der Waals surface area contributed by atoms with Gasteiger partial charge < -0.3 is 14.7 Å². The monoisotopic (exact) mass is 317 g/mol. The molecule has 0 fully saturated rings. The molecule has 1 heterocycles. The first-order chi connectivity index (χ1) is 11.0. The van der Waals surface area contributed by atoms with Gasteiger partial charge in [0.05, 0.1) is 18.5 Å². The molecule has 1 aromatic heterocycles. The lowest BCUT2D eigenvalue weighted by atomic mass is 10.3. The number of carbonyl (C=O) groups excluding carboxylic acids is 1. The maximum absolute atomic E-state index is 12.4. The van der Waals surface area contributed by atoms with E-state index in [4.69, 9.17) is 9.84 Å². The molecule has 0 atom stereocenters. The number of aliphatic carboxylic acids is 1. The minimum absolute atomic E-state index is 0.103. The van der Waals surface area contributed by atoms with Crippen molar-refractivity contribution in [3.63, 3.8) is 0 Å². The Bertz CT molecular complexity index is 682. The van der Waals surface area contributed by atoms with Crippen LogP contribution in [0.4, 0.5) is 0 Å². The predicted molar refractivity (Wildman–Crippen MR) is 83.9 cm³/mol. The number of benzene rings is 1. The molecule has 1 aromatic carbocycles. The molecule has 0 aliphatic heterocycles. The number of carbonyl (C=O) groups is 2. The summed E-state index contributed by atoms with van der Waals surface area (Å²) in [6.45, 7) is 2.01. The zero-order valence-electron chi connectivity index (χ0n) is 13.1. The molecule has 23 heavy (non-hydrogen) atoms. The molecular formula is C16H19N3O4. The zero-order valence-corrected chi connectivity index (χ0v) is 13.1.